The minimum absolute atomic E-state index is 0.0116. The van der Waals surface area contributed by atoms with Gasteiger partial charge in [-0.25, -0.2) is 4.98 Å². The topological polar surface area (TPSA) is 96.6 Å². The molecule has 1 N–H and O–H groups in total. The fraction of sp³-hybridized carbons (Fsp3) is 0.538. The number of hydrogen-bond donors (Lipinski definition) is 1. The van der Waals surface area contributed by atoms with Gasteiger partial charge in [-0.1, -0.05) is 0 Å². The van der Waals surface area contributed by atoms with Crippen molar-refractivity contribution in [2.24, 2.45) is 0 Å². The molecule has 0 bridgehead atoms. The summed E-state index contributed by atoms with van der Waals surface area (Å²) >= 11 is 0. The van der Waals surface area contributed by atoms with Crippen LogP contribution in [0.4, 0.5) is 11.5 Å². The maximum atomic E-state index is 10.8. The van der Waals surface area contributed by atoms with Crippen molar-refractivity contribution < 1.29 is 14.8 Å². The predicted octanol–water partition coefficient (Wildman–Crippen LogP) is 2.21. The van der Waals surface area contributed by atoms with Gasteiger partial charge < -0.3 is 10.0 Å². The molecule has 1 unspecified atom stereocenters. The van der Waals surface area contributed by atoms with Gasteiger partial charge >= 0.3 is 5.97 Å². The Morgan fingerprint density at radius 1 is 1.55 bits per heavy atom. The fourth-order valence-electron chi connectivity index (χ4n) is 2.57. The Bertz CT molecular complexity index is 506. The van der Waals surface area contributed by atoms with E-state index in [0.717, 1.165) is 25.8 Å². The van der Waals surface area contributed by atoms with Crippen molar-refractivity contribution in [2.45, 2.75) is 38.1 Å². The van der Waals surface area contributed by atoms with Crippen LogP contribution in [0.25, 0.3) is 0 Å². The molecule has 1 aliphatic rings. The number of hydrogen-bond acceptors (Lipinski definition) is 5. The highest BCUT2D eigenvalue weighted by atomic mass is 16.6. The second-order valence-corrected chi connectivity index (χ2v) is 4.90. The molecule has 1 atom stereocenters. The number of pyridine rings is 1. The normalized spacial score (nSPS) is 18.8. The third kappa shape index (κ3) is 3.43. The summed E-state index contributed by atoms with van der Waals surface area (Å²) in [5, 5.41) is 19.6. The summed E-state index contributed by atoms with van der Waals surface area (Å²) < 4.78 is 0. The predicted molar refractivity (Wildman–Crippen MR) is 72.7 cm³/mol. The Hall–Kier alpha value is -2.18. The van der Waals surface area contributed by atoms with E-state index in [-0.39, 0.29) is 18.2 Å². The van der Waals surface area contributed by atoms with Gasteiger partial charge in [0.1, 0.15) is 5.82 Å². The largest absolute Gasteiger partial charge is 0.481 e. The van der Waals surface area contributed by atoms with Crippen LogP contribution in [0.5, 0.6) is 0 Å². The van der Waals surface area contributed by atoms with E-state index < -0.39 is 10.9 Å². The number of nitro groups is 1. The van der Waals surface area contributed by atoms with Crippen LogP contribution in [0, 0.1) is 10.1 Å². The fourth-order valence-corrected chi connectivity index (χ4v) is 2.57. The first kappa shape index (κ1) is 14.2. The average Bonchev–Trinajstić information content (AvgIpc) is 2.45. The average molecular weight is 279 g/mol. The number of carboxylic acids is 1. The van der Waals surface area contributed by atoms with Crippen LogP contribution in [0.1, 0.15) is 32.1 Å². The van der Waals surface area contributed by atoms with Gasteiger partial charge in [0.25, 0.3) is 5.69 Å². The molecule has 0 radical (unpaired) electrons. The molecule has 1 aromatic rings. The molecule has 1 fully saturated rings. The third-order valence-corrected chi connectivity index (χ3v) is 3.55. The van der Waals surface area contributed by atoms with Gasteiger partial charge in [0, 0.05) is 31.3 Å². The second kappa shape index (κ2) is 6.31. The van der Waals surface area contributed by atoms with E-state index >= 15 is 0 Å². The lowest BCUT2D eigenvalue weighted by Crippen LogP contribution is -2.40. The zero-order valence-electron chi connectivity index (χ0n) is 11.1. The number of rotatable bonds is 5. The SMILES string of the molecule is O=C(O)CCC1CCCCN1c1cc([N+](=O)[O-])ccn1. The van der Waals surface area contributed by atoms with Crippen molar-refractivity contribution in [3.05, 3.63) is 28.4 Å². The van der Waals surface area contributed by atoms with Crippen LogP contribution in [-0.2, 0) is 4.79 Å². The minimum Gasteiger partial charge on any atom is -0.481 e. The first-order chi connectivity index (χ1) is 9.58. The molecular weight excluding hydrogens is 262 g/mol. The highest BCUT2D eigenvalue weighted by Gasteiger charge is 2.25. The molecule has 7 nitrogen and oxygen atoms in total. The summed E-state index contributed by atoms with van der Waals surface area (Å²) in [4.78, 5) is 27.3. The zero-order valence-corrected chi connectivity index (χ0v) is 11.1. The summed E-state index contributed by atoms with van der Waals surface area (Å²) in [6, 6.07) is 2.91. The molecule has 1 saturated heterocycles. The lowest BCUT2D eigenvalue weighted by Gasteiger charge is -2.36. The van der Waals surface area contributed by atoms with Crippen molar-refractivity contribution >= 4 is 17.5 Å². The van der Waals surface area contributed by atoms with Gasteiger partial charge in [-0.3, -0.25) is 14.9 Å². The summed E-state index contributed by atoms with van der Waals surface area (Å²) in [6.07, 6.45) is 5.02. The molecule has 2 heterocycles. The quantitative estimate of drug-likeness (QED) is 0.655. The Morgan fingerprint density at radius 3 is 3.05 bits per heavy atom. The number of carboxylic acid groups (broad SMARTS) is 1. The monoisotopic (exact) mass is 279 g/mol. The number of carbonyl (C=O) groups is 1. The first-order valence-electron chi connectivity index (χ1n) is 6.67. The first-order valence-corrected chi connectivity index (χ1v) is 6.67. The molecule has 0 aliphatic carbocycles. The van der Waals surface area contributed by atoms with Crippen LogP contribution in [-0.4, -0.2) is 33.6 Å². The van der Waals surface area contributed by atoms with Gasteiger partial charge in [-0.05, 0) is 25.7 Å². The van der Waals surface area contributed by atoms with Crippen LogP contribution >= 0.6 is 0 Å². The van der Waals surface area contributed by atoms with Gasteiger partial charge in [-0.2, -0.15) is 0 Å². The zero-order chi connectivity index (χ0) is 14.5. The van der Waals surface area contributed by atoms with E-state index in [2.05, 4.69) is 4.98 Å². The molecular formula is C13H17N3O4. The van der Waals surface area contributed by atoms with E-state index in [1.807, 2.05) is 4.90 Å². The highest BCUT2D eigenvalue weighted by molar-refractivity contribution is 5.66. The smallest absolute Gasteiger partial charge is 0.303 e. The van der Waals surface area contributed by atoms with Gasteiger partial charge in [0.2, 0.25) is 0 Å². The van der Waals surface area contributed by atoms with Crippen molar-refractivity contribution in [1.82, 2.24) is 4.98 Å². The van der Waals surface area contributed by atoms with E-state index in [9.17, 15) is 14.9 Å². The van der Waals surface area contributed by atoms with Crippen LogP contribution < -0.4 is 4.90 Å². The molecule has 0 aromatic carbocycles. The maximum Gasteiger partial charge on any atom is 0.303 e. The summed E-state index contributed by atoms with van der Waals surface area (Å²) in [5.41, 5.74) is 0.0116. The Morgan fingerprint density at radius 2 is 2.35 bits per heavy atom. The lowest BCUT2D eigenvalue weighted by molar-refractivity contribution is -0.384. The minimum atomic E-state index is -0.817. The van der Waals surface area contributed by atoms with Crippen LogP contribution in [0.2, 0.25) is 0 Å². The van der Waals surface area contributed by atoms with E-state index in [0.29, 0.717) is 12.2 Å². The molecule has 20 heavy (non-hydrogen) atoms. The van der Waals surface area contributed by atoms with Crippen molar-refractivity contribution in [2.75, 3.05) is 11.4 Å². The molecule has 2 rings (SSSR count). The lowest BCUT2D eigenvalue weighted by atomic mass is 9.98. The Kier molecular flexibility index (Phi) is 4.49. The molecule has 0 amide bonds. The molecule has 0 saturated carbocycles. The molecule has 108 valence electrons. The summed E-state index contributed by atoms with van der Waals surface area (Å²) in [7, 11) is 0. The highest BCUT2D eigenvalue weighted by Crippen LogP contribution is 2.27. The molecule has 1 aromatic heterocycles. The standard InChI is InChI=1S/C13H17N3O4/c17-13(18)5-4-10-3-1-2-8-15(10)12-9-11(16(19)20)6-7-14-12/h6-7,9-10H,1-5,8H2,(H,17,18). The van der Waals surface area contributed by atoms with Crippen molar-refractivity contribution in [3.63, 3.8) is 0 Å². The third-order valence-electron chi connectivity index (χ3n) is 3.55. The number of aromatic nitrogens is 1. The van der Waals surface area contributed by atoms with Gasteiger partial charge in [-0.15, -0.1) is 0 Å². The molecule has 1 aliphatic heterocycles. The van der Waals surface area contributed by atoms with Gasteiger partial charge in [0.05, 0.1) is 11.0 Å². The maximum absolute atomic E-state index is 10.8. The van der Waals surface area contributed by atoms with Crippen molar-refractivity contribution in [1.29, 1.82) is 0 Å². The number of aliphatic carboxylic acids is 1. The van der Waals surface area contributed by atoms with Gasteiger partial charge in [0.15, 0.2) is 0 Å². The number of nitrogens with zero attached hydrogens (tertiary/aromatic N) is 3. The van der Waals surface area contributed by atoms with E-state index in [1.165, 1.54) is 18.3 Å². The second-order valence-electron chi connectivity index (χ2n) is 4.90. The van der Waals surface area contributed by atoms with Crippen molar-refractivity contribution in [3.8, 4) is 0 Å². The van der Waals surface area contributed by atoms with E-state index in [4.69, 9.17) is 5.11 Å². The number of piperidine rings is 1. The summed E-state index contributed by atoms with van der Waals surface area (Å²) in [6.45, 7) is 0.762. The molecule has 0 spiro atoms. The molecule has 7 heteroatoms. The Balaban J connectivity index is 2.16. The summed E-state index contributed by atoms with van der Waals surface area (Å²) in [5.74, 6) is -0.253. The number of anilines is 1. The van der Waals surface area contributed by atoms with Crippen LogP contribution in [0.15, 0.2) is 18.3 Å². The Labute approximate surface area is 116 Å². The van der Waals surface area contributed by atoms with E-state index in [1.54, 1.807) is 0 Å². The van der Waals surface area contributed by atoms with Crippen LogP contribution in [0.3, 0.4) is 0 Å².